The summed E-state index contributed by atoms with van der Waals surface area (Å²) in [5.74, 6) is 0.216. The molecule has 1 fully saturated rings. The molecule has 0 saturated carbocycles. The van der Waals surface area contributed by atoms with Gasteiger partial charge in [0, 0.05) is 12.6 Å². The molecule has 0 bridgehead atoms. The maximum absolute atomic E-state index is 12.0. The average Bonchev–Trinajstić information content (AvgIpc) is 2.90. The summed E-state index contributed by atoms with van der Waals surface area (Å²) < 4.78 is 10.5. The molecule has 0 aromatic heterocycles. The molecule has 0 aliphatic carbocycles. The van der Waals surface area contributed by atoms with E-state index in [1.54, 1.807) is 12.1 Å². The normalized spacial score (nSPS) is 22.2. The van der Waals surface area contributed by atoms with Gasteiger partial charge in [-0.2, -0.15) is 0 Å². The minimum absolute atomic E-state index is 0.0407. The van der Waals surface area contributed by atoms with Gasteiger partial charge in [-0.25, -0.2) is 0 Å². The van der Waals surface area contributed by atoms with Crippen LogP contribution in [0.4, 0.5) is 5.69 Å². The zero-order valence-electron chi connectivity index (χ0n) is 10.8. The quantitative estimate of drug-likeness (QED) is 0.702. The Labute approximate surface area is 111 Å². The lowest BCUT2D eigenvalue weighted by Gasteiger charge is -2.13. The lowest BCUT2D eigenvalue weighted by atomic mass is 10.2. The molecule has 104 valence electrons. The van der Waals surface area contributed by atoms with Crippen LogP contribution >= 0.6 is 0 Å². The fourth-order valence-corrected chi connectivity index (χ4v) is 2.03. The van der Waals surface area contributed by atoms with Crippen LogP contribution in [0.5, 0.6) is 11.5 Å². The number of amides is 1. The first-order chi connectivity index (χ1) is 9.13. The summed E-state index contributed by atoms with van der Waals surface area (Å²) >= 11 is 0. The first-order valence-corrected chi connectivity index (χ1v) is 6.17. The molecule has 0 radical (unpaired) electrons. The maximum atomic E-state index is 12.0. The van der Waals surface area contributed by atoms with E-state index in [1.807, 2.05) is 0 Å². The third-order valence-electron chi connectivity index (χ3n) is 3.13. The van der Waals surface area contributed by atoms with Gasteiger partial charge in [-0.1, -0.05) is 0 Å². The number of nitrogens with two attached hydrogens (primary N) is 1. The van der Waals surface area contributed by atoms with E-state index in [2.05, 4.69) is 5.32 Å². The number of phenols is 1. The average molecular weight is 266 g/mol. The fraction of sp³-hybridized carbons (Fsp3) is 0.462. The topological polar surface area (TPSA) is 93.8 Å². The van der Waals surface area contributed by atoms with Crippen molar-refractivity contribution in [2.45, 2.75) is 25.0 Å². The summed E-state index contributed by atoms with van der Waals surface area (Å²) in [6.45, 7) is 0.414. The number of methoxy groups -OCH3 is 1. The van der Waals surface area contributed by atoms with Gasteiger partial charge in [-0.05, 0) is 25.0 Å². The zero-order valence-corrected chi connectivity index (χ0v) is 10.8. The number of anilines is 1. The van der Waals surface area contributed by atoms with Crippen molar-refractivity contribution in [2.75, 3.05) is 19.0 Å². The molecule has 6 nitrogen and oxygen atoms in total. The largest absolute Gasteiger partial charge is 0.506 e. The van der Waals surface area contributed by atoms with Crippen LogP contribution in [-0.4, -0.2) is 36.9 Å². The molecule has 6 heteroatoms. The van der Waals surface area contributed by atoms with Gasteiger partial charge in [-0.15, -0.1) is 0 Å². The number of carbonyl (C=O) groups excluding carboxylic acids is 1. The molecule has 1 saturated heterocycles. The number of rotatable bonds is 4. The number of phenolic OH excluding ortho intramolecular Hbond substituents is 1. The van der Waals surface area contributed by atoms with Crippen LogP contribution in [0.3, 0.4) is 0 Å². The van der Waals surface area contributed by atoms with Crippen molar-refractivity contribution in [3.63, 3.8) is 0 Å². The minimum Gasteiger partial charge on any atom is -0.506 e. The highest BCUT2D eigenvalue weighted by atomic mass is 16.5. The molecule has 1 aromatic rings. The molecule has 4 N–H and O–H groups in total. The molecule has 2 rings (SSSR count). The van der Waals surface area contributed by atoms with Crippen molar-refractivity contribution in [1.29, 1.82) is 0 Å². The standard InChI is InChI=1S/C13H18N2O4/c1-18-8-2-4-10(11(16)6-8)15-13(17)12-5-3-9(7-14)19-12/h2,4,6,9,12,16H,3,5,7,14H2,1H3,(H,15,17). The zero-order chi connectivity index (χ0) is 13.8. The number of hydrogen-bond donors (Lipinski definition) is 3. The molecule has 1 aliphatic rings. The van der Waals surface area contributed by atoms with E-state index in [1.165, 1.54) is 13.2 Å². The number of nitrogens with one attached hydrogen (secondary N) is 1. The molecule has 2 atom stereocenters. The van der Waals surface area contributed by atoms with Gasteiger partial charge in [0.25, 0.3) is 5.91 Å². The van der Waals surface area contributed by atoms with Crippen LogP contribution in [0.1, 0.15) is 12.8 Å². The molecule has 1 aromatic carbocycles. The Balaban J connectivity index is 1.99. The van der Waals surface area contributed by atoms with Gasteiger partial charge in [0.15, 0.2) is 0 Å². The Morgan fingerprint density at radius 2 is 2.37 bits per heavy atom. The van der Waals surface area contributed by atoms with Crippen molar-refractivity contribution in [3.05, 3.63) is 18.2 Å². The van der Waals surface area contributed by atoms with Crippen molar-refractivity contribution in [3.8, 4) is 11.5 Å². The maximum Gasteiger partial charge on any atom is 0.253 e. The first-order valence-electron chi connectivity index (χ1n) is 6.17. The Morgan fingerprint density at radius 3 is 2.95 bits per heavy atom. The summed E-state index contributed by atoms with van der Waals surface area (Å²) in [4.78, 5) is 12.0. The van der Waals surface area contributed by atoms with Crippen LogP contribution in [0, 0.1) is 0 Å². The summed E-state index contributed by atoms with van der Waals surface area (Å²) in [5.41, 5.74) is 5.83. The predicted octanol–water partition coefficient (Wildman–Crippen LogP) is 0.846. The van der Waals surface area contributed by atoms with Crippen LogP contribution in [-0.2, 0) is 9.53 Å². The summed E-state index contributed by atoms with van der Waals surface area (Å²) in [6, 6.07) is 4.68. The Morgan fingerprint density at radius 1 is 1.58 bits per heavy atom. The van der Waals surface area contributed by atoms with Gasteiger partial charge >= 0.3 is 0 Å². The number of benzene rings is 1. The summed E-state index contributed by atoms with van der Waals surface area (Å²) in [5, 5.41) is 12.4. The molecule has 1 aliphatic heterocycles. The van der Waals surface area contributed by atoms with Gasteiger partial charge in [0.2, 0.25) is 0 Å². The van der Waals surface area contributed by atoms with Crippen molar-refractivity contribution in [1.82, 2.24) is 0 Å². The second kappa shape index (κ2) is 5.90. The highest BCUT2D eigenvalue weighted by Crippen LogP contribution is 2.29. The molecular formula is C13H18N2O4. The lowest BCUT2D eigenvalue weighted by molar-refractivity contribution is -0.126. The Bertz CT molecular complexity index is 464. The number of ether oxygens (including phenoxy) is 2. The lowest BCUT2D eigenvalue weighted by Crippen LogP contribution is -2.29. The van der Waals surface area contributed by atoms with Crippen molar-refractivity contribution in [2.24, 2.45) is 5.73 Å². The predicted molar refractivity (Wildman–Crippen MR) is 70.2 cm³/mol. The third-order valence-corrected chi connectivity index (χ3v) is 3.13. The summed E-state index contributed by atoms with van der Waals surface area (Å²) in [6.07, 6.45) is 0.864. The van der Waals surface area contributed by atoms with Crippen LogP contribution in [0.15, 0.2) is 18.2 Å². The van der Waals surface area contributed by atoms with E-state index in [0.29, 0.717) is 24.4 Å². The Kier molecular flexibility index (Phi) is 4.24. The molecule has 19 heavy (non-hydrogen) atoms. The van der Waals surface area contributed by atoms with Gasteiger partial charge < -0.3 is 25.6 Å². The number of carbonyl (C=O) groups is 1. The minimum atomic E-state index is -0.505. The van der Waals surface area contributed by atoms with Crippen molar-refractivity contribution >= 4 is 11.6 Å². The van der Waals surface area contributed by atoms with E-state index in [9.17, 15) is 9.90 Å². The van der Waals surface area contributed by atoms with E-state index in [4.69, 9.17) is 15.2 Å². The first kappa shape index (κ1) is 13.6. The second-order valence-electron chi connectivity index (χ2n) is 4.43. The summed E-state index contributed by atoms with van der Waals surface area (Å²) in [7, 11) is 1.51. The monoisotopic (exact) mass is 266 g/mol. The second-order valence-corrected chi connectivity index (χ2v) is 4.43. The van der Waals surface area contributed by atoms with E-state index >= 15 is 0 Å². The van der Waals surface area contributed by atoms with Crippen LogP contribution < -0.4 is 15.8 Å². The molecule has 1 heterocycles. The molecule has 1 amide bonds. The van der Waals surface area contributed by atoms with E-state index < -0.39 is 6.10 Å². The molecular weight excluding hydrogens is 248 g/mol. The Hall–Kier alpha value is -1.79. The highest BCUT2D eigenvalue weighted by Gasteiger charge is 2.30. The number of hydrogen-bond acceptors (Lipinski definition) is 5. The van der Waals surface area contributed by atoms with Crippen LogP contribution in [0.25, 0.3) is 0 Å². The smallest absolute Gasteiger partial charge is 0.253 e. The number of aromatic hydroxyl groups is 1. The van der Waals surface area contributed by atoms with E-state index in [0.717, 1.165) is 6.42 Å². The van der Waals surface area contributed by atoms with Gasteiger partial charge in [0.05, 0.1) is 18.9 Å². The SMILES string of the molecule is COc1ccc(NC(=O)C2CCC(CN)O2)c(O)c1. The van der Waals surface area contributed by atoms with Crippen LogP contribution in [0.2, 0.25) is 0 Å². The third kappa shape index (κ3) is 3.15. The molecule has 0 spiro atoms. The van der Waals surface area contributed by atoms with Gasteiger partial charge in [-0.3, -0.25) is 4.79 Å². The van der Waals surface area contributed by atoms with Crippen molar-refractivity contribution < 1.29 is 19.4 Å². The molecule has 2 unspecified atom stereocenters. The fourth-order valence-electron chi connectivity index (χ4n) is 2.03. The van der Waals surface area contributed by atoms with Gasteiger partial charge in [0.1, 0.15) is 17.6 Å². The van der Waals surface area contributed by atoms with E-state index in [-0.39, 0.29) is 17.8 Å². The highest BCUT2D eigenvalue weighted by molar-refractivity contribution is 5.95.